The van der Waals surface area contributed by atoms with Crippen LogP contribution in [-0.4, -0.2) is 46.6 Å². The minimum Gasteiger partial charge on any atom is -0.444 e. The number of nitrogens with zero attached hydrogens (tertiary/aromatic N) is 4. The Balaban J connectivity index is 1.60. The van der Waals surface area contributed by atoms with Crippen molar-refractivity contribution in [3.05, 3.63) is 53.2 Å². The summed E-state index contributed by atoms with van der Waals surface area (Å²) in [6.45, 7) is 12.8. The van der Waals surface area contributed by atoms with E-state index in [1.54, 1.807) is 24.1 Å². The smallest absolute Gasteiger partial charge is 0.410 e. The topological polar surface area (TPSA) is 98.6 Å². The van der Waals surface area contributed by atoms with Gasteiger partial charge in [0.25, 0.3) is 0 Å². The lowest BCUT2D eigenvalue weighted by molar-refractivity contribution is -0.117. The maximum atomic E-state index is 12.7. The predicted molar refractivity (Wildman–Crippen MR) is 143 cm³/mol. The summed E-state index contributed by atoms with van der Waals surface area (Å²) >= 11 is 0. The normalized spacial score (nSPS) is 22.1. The molecule has 37 heavy (non-hydrogen) atoms. The molecule has 8 nitrogen and oxygen atoms in total. The number of hydrogen-bond acceptors (Lipinski definition) is 6. The van der Waals surface area contributed by atoms with Crippen molar-refractivity contribution in [2.75, 3.05) is 23.3 Å². The first-order valence-electron chi connectivity index (χ1n) is 13.0. The van der Waals surface area contributed by atoms with E-state index in [9.17, 15) is 9.59 Å². The third-order valence-electron chi connectivity index (χ3n) is 7.49. The third kappa shape index (κ3) is 5.71. The first-order valence-corrected chi connectivity index (χ1v) is 13.0. The van der Waals surface area contributed by atoms with Crippen molar-refractivity contribution in [2.24, 2.45) is 5.92 Å². The Labute approximate surface area is 219 Å². The number of carbonyl (C=O) groups is 2. The number of piperidine rings is 1. The quantitative estimate of drug-likeness (QED) is 0.584. The number of benzene rings is 1. The van der Waals surface area contributed by atoms with Gasteiger partial charge in [0.15, 0.2) is 0 Å². The number of aromatic nitrogens is 1. The Morgan fingerprint density at radius 2 is 1.84 bits per heavy atom. The fourth-order valence-electron chi connectivity index (χ4n) is 5.40. The van der Waals surface area contributed by atoms with Crippen molar-refractivity contribution in [2.45, 2.75) is 78.0 Å². The summed E-state index contributed by atoms with van der Waals surface area (Å²) in [6.07, 6.45) is 3.03. The maximum Gasteiger partial charge on any atom is 0.410 e. The number of amides is 2. The van der Waals surface area contributed by atoms with Crippen LogP contribution in [0.2, 0.25) is 0 Å². The number of hydrogen-bond donors (Lipinski definition) is 1. The molecule has 1 fully saturated rings. The van der Waals surface area contributed by atoms with Crippen LogP contribution in [0.5, 0.6) is 0 Å². The van der Waals surface area contributed by atoms with Crippen molar-refractivity contribution in [1.29, 1.82) is 5.26 Å². The molecule has 1 saturated heterocycles. The molecule has 1 aromatic heterocycles. The molecule has 0 saturated carbocycles. The highest BCUT2D eigenvalue weighted by Crippen LogP contribution is 2.44. The first kappa shape index (κ1) is 26.5. The van der Waals surface area contributed by atoms with Gasteiger partial charge in [-0.2, -0.15) is 5.26 Å². The summed E-state index contributed by atoms with van der Waals surface area (Å²) in [5.41, 5.74) is 3.21. The molecule has 2 amide bonds. The summed E-state index contributed by atoms with van der Waals surface area (Å²) in [4.78, 5) is 33.3. The molecule has 196 valence electrons. The number of fused-ring (bicyclic) bond motifs is 1. The molecular weight excluding hydrogens is 466 g/mol. The van der Waals surface area contributed by atoms with Crippen LogP contribution in [0.4, 0.5) is 16.3 Å². The van der Waals surface area contributed by atoms with Gasteiger partial charge in [-0.1, -0.05) is 19.1 Å². The van der Waals surface area contributed by atoms with Gasteiger partial charge in [0.1, 0.15) is 17.5 Å². The van der Waals surface area contributed by atoms with Gasteiger partial charge in [0.2, 0.25) is 5.91 Å². The lowest BCUT2D eigenvalue weighted by Crippen LogP contribution is -2.48. The van der Waals surface area contributed by atoms with E-state index in [-0.39, 0.29) is 30.0 Å². The highest BCUT2D eigenvalue weighted by atomic mass is 16.6. The van der Waals surface area contributed by atoms with E-state index in [0.29, 0.717) is 30.4 Å². The van der Waals surface area contributed by atoms with E-state index < -0.39 is 5.60 Å². The second-order valence-corrected chi connectivity index (χ2v) is 11.2. The van der Waals surface area contributed by atoms with Gasteiger partial charge in [0.05, 0.1) is 11.6 Å². The Kier molecular flexibility index (Phi) is 7.44. The molecule has 4 rings (SSSR count). The minimum atomic E-state index is -0.505. The molecule has 0 bridgehead atoms. The zero-order valence-electron chi connectivity index (χ0n) is 22.6. The van der Waals surface area contributed by atoms with Gasteiger partial charge >= 0.3 is 6.09 Å². The van der Waals surface area contributed by atoms with E-state index >= 15 is 0 Å². The summed E-state index contributed by atoms with van der Waals surface area (Å²) < 4.78 is 5.55. The fourth-order valence-corrected chi connectivity index (χ4v) is 5.40. The summed E-state index contributed by atoms with van der Waals surface area (Å²) in [7, 11) is 0. The van der Waals surface area contributed by atoms with E-state index in [1.807, 2.05) is 31.7 Å². The number of pyridine rings is 1. The van der Waals surface area contributed by atoms with Gasteiger partial charge in [-0.25, -0.2) is 9.78 Å². The van der Waals surface area contributed by atoms with Crippen LogP contribution in [0.1, 0.15) is 83.0 Å². The van der Waals surface area contributed by atoms with E-state index in [0.717, 1.165) is 24.1 Å². The van der Waals surface area contributed by atoms with Crippen LogP contribution in [0.3, 0.4) is 0 Å². The maximum absolute atomic E-state index is 12.7. The van der Waals surface area contributed by atoms with Crippen LogP contribution in [0.25, 0.3) is 0 Å². The molecule has 0 unspecified atom stereocenters. The van der Waals surface area contributed by atoms with Crippen molar-refractivity contribution in [3.63, 3.8) is 0 Å². The monoisotopic (exact) mass is 503 g/mol. The van der Waals surface area contributed by atoms with Crippen LogP contribution in [0, 0.1) is 17.2 Å². The molecule has 2 aliphatic heterocycles. The lowest BCUT2D eigenvalue weighted by Gasteiger charge is -2.44. The van der Waals surface area contributed by atoms with Crippen LogP contribution in [0.15, 0.2) is 36.5 Å². The Hall–Kier alpha value is -3.60. The highest BCUT2D eigenvalue weighted by molar-refractivity contribution is 5.94. The molecule has 3 heterocycles. The van der Waals surface area contributed by atoms with Crippen LogP contribution < -0.4 is 10.2 Å². The summed E-state index contributed by atoms with van der Waals surface area (Å²) in [5, 5.41) is 12.7. The van der Waals surface area contributed by atoms with Gasteiger partial charge in [-0.15, -0.1) is 0 Å². The van der Waals surface area contributed by atoms with Crippen molar-refractivity contribution < 1.29 is 14.3 Å². The molecule has 1 N–H and O–H groups in total. The minimum absolute atomic E-state index is 0.00352. The number of ether oxygens (including phenoxy) is 1. The van der Waals surface area contributed by atoms with Gasteiger partial charge in [-0.3, -0.25) is 4.79 Å². The fraction of sp³-hybridized carbons (Fsp3) is 0.517. The largest absolute Gasteiger partial charge is 0.444 e. The Morgan fingerprint density at radius 3 is 2.41 bits per heavy atom. The molecular formula is C29H37N5O3. The van der Waals surface area contributed by atoms with Crippen molar-refractivity contribution in [3.8, 4) is 6.07 Å². The first-order chi connectivity index (χ1) is 17.5. The van der Waals surface area contributed by atoms with E-state index in [1.165, 1.54) is 5.56 Å². The molecule has 3 atom stereocenters. The van der Waals surface area contributed by atoms with Gasteiger partial charge < -0.3 is 19.9 Å². The molecule has 0 spiro atoms. The summed E-state index contributed by atoms with van der Waals surface area (Å²) in [5.74, 6) is 1.16. The third-order valence-corrected chi connectivity index (χ3v) is 7.49. The number of likely N-dealkylation sites (tertiary alicyclic amines) is 1. The number of nitriles is 1. The molecule has 1 aromatic carbocycles. The number of nitrogens with one attached hydrogen (secondary N) is 1. The Morgan fingerprint density at radius 1 is 1.14 bits per heavy atom. The van der Waals surface area contributed by atoms with Crippen LogP contribution >= 0.6 is 0 Å². The molecule has 2 aromatic rings. The Bertz CT molecular complexity index is 1190. The average Bonchev–Trinajstić information content (AvgIpc) is 2.86. The summed E-state index contributed by atoms with van der Waals surface area (Å²) in [6, 6.07) is 12.0. The zero-order valence-corrected chi connectivity index (χ0v) is 22.6. The zero-order chi connectivity index (χ0) is 26.9. The number of carbonyl (C=O) groups excluding carboxylic acids is 2. The van der Waals surface area contributed by atoms with E-state index in [4.69, 9.17) is 10.00 Å². The molecule has 0 radical (unpaired) electrons. The number of rotatable bonds is 3. The van der Waals surface area contributed by atoms with Crippen LogP contribution in [-0.2, 0) is 9.53 Å². The standard InChI is InChI=1S/C29H37N5O3/c1-18-19(2)34(20(3)35)25-9-8-23(22-11-13-33(14-12-22)28(36)37-29(4,5)6)15-24(25)27(18)32-26-10-7-21(16-30)17-31-26/h7-10,15,17-19,22,27H,11-14H2,1-6H3,(H,31,32)/t18-,19-,27+/m0/s1. The average molecular weight is 504 g/mol. The van der Waals surface area contributed by atoms with Gasteiger partial charge in [0, 0.05) is 43.9 Å². The molecule has 0 aliphatic carbocycles. The highest BCUT2D eigenvalue weighted by Gasteiger charge is 2.39. The second-order valence-electron chi connectivity index (χ2n) is 11.2. The van der Waals surface area contributed by atoms with Crippen molar-refractivity contribution >= 4 is 23.5 Å². The van der Waals surface area contributed by atoms with E-state index in [2.05, 4.69) is 48.4 Å². The van der Waals surface area contributed by atoms with Crippen molar-refractivity contribution in [1.82, 2.24) is 9.88 Å². The second kappa shape index (κ2) is 10.4. The number of anilines is 2. The predicted octanol–water partition coefficient (Wildman–Crippen LogP) is 5.61. The SMILES string of the molecule is CC(=O)N1c2ccc(C3CCN(C(=O)OC(C)(C)C)CC3)cc2[C@H](Nc2ccc(C#N)cn2)[C@@H](C)[C@@H]1C. The molecule has 8 heteroatoms. The molecule has 2 aliphatic rings. The lowest BCUT2D eigenvalue weighted by atomic mass is 9.80. The van der Waals surface area contributed by atoms with Gasteiger partial charge in [-0.05, 0) is 75.8 Å².